The van der Waals surface area contributed by atoms with Crippen LogP contribution in [-0.4, -0.2) is 18.6 Å². The minimum Gasteiger partial charge on any atom is -0.492 e. The zero-order valence-electron chi connectivity index (χ0n) is 10.6. The summed E-state index contributed by atoms with van der Waals surface area (Å²) in [6.45, 7) is 5.91. The molecule has 1 rings (SSSR count). The average Bonchev–Trinajstić information content (AvgIpc) is 2.20. The van der Waals surface area contributed by atoms with E-state index < -0.39 is 0 Å². The van der Waals surface area contributed by atoms with Crippen LogP contribution in [0.3, 0.4) is 0 Å². The summed E-state index contributed by atoms with van der Waals surface area (Å²) in [5.74, 6) is 0.583. The normalized spacial score (nSPS) is 12.0. The molecule has 3 N–H and O–H groups in total. The number of hydrogen-bond acceptors (Lipinski definition) is 3. The van der Waals surface area contributed by atoms with Crippen LogP contribution in [0.4, 0.5) is 5.69 Å². The Labute approximate surface area is 102 Å². The summed E-state index contributed by atoms with van der Waals surface area (Å²) in [6.07, 6.45) is 0.777. The lowest BCUT2D eigenvalue weighted by Crippen LogP contribution is -2.18. The van der Waals surface area contributed by atoms with Crippen molar-refractivity contribution in [3.8, 4) is 5.75 Å². The second kappa shape index (κ2) is 6.25. The number of carbonyl (C=O) groups excluding carboxylic acids is 1. The van der Waals surface area contributed by atoms with Gasteiger partial charge in [-0.15, -0.1) is 0 Å². The summed E-state index contributed by atoms with van der Waals surface area (Å²) in [5, 5.41) is 2.77. The van der Waals surface area contributed by atoms with Crippen LogP contribution in [-0.2, 0) is 11.2 Å². The predicted octanol–water partition coefficient (Wildman–Crippen LogP) is 1.93. The molecule has 0 aliphatic carbocycles. The van der Waals surface area contributed by atoms with Gasteiger partial charge in [0.2, 0.25) is 5.91 Å². The number of nitrogens with one attached hydrogen (secondary N) is 1. The third-order valence-corrected chi connectivity index (χ3v) is 2.21. The fourth-order valence-corrected chi connectivity index (χ4v) is 1.64. The predicted molar refractivity (Wildman–Crippen MR) is 69.3 cm³/mol. The van der Waals surface area contributed by atoms with Crippen molar-refractivity contribution >= 4 is 11.6 Å². The van der Waals surface area contributed by atoms with Gasteiger partial charge in [-0.2, -0.15) is 0 Å². The molecular weight excluding hydrogens is 216 g/mol. The minimum absolute atomic E-state index is 0.0955. The zero-order valence-corrected chi connectivity index (χ0v) is 10.6. The number of hydrogen-bond donors (Lipinski definition) is 2. The largest absolute Gasteiger partial charge is 0.492 e. The molecule has 0 spiro atoms. The van der Waals surface area contributed by atoms with E-state index in [1.54, 1.807) is 0 Å². The van der Waals surface area contributed by atoms with Gasteiger partial charge >= 0.3 is 0 Å². The zero-order chi connectivity index (χ0) is 12.8. The van der Waals surface area contributed by atoms with Crippen LogP contribution in [0.5, 0.6) is 5.75 Å². The number of rotatable bonds is 5. The van der Waals surface area contributed by atoms with Gasteiger partial charge in [-0.05, 0) is 38.0 Å². The first-order chi connectivity index (χ1) is 8.02. The molecule has 0 aliphatic rings. The van der Waals surface area contributed by atoms with E-state index in [0.29, 0.717) is 18.0 Å². The van der Waals surface area contributed by atoms with Crippen molar-refractivity contribution in [1.29, 1.82) is 0 Å². The second-order valence-corrected chi connectivity index (χ2v) is 4.13. The Kier molecular flexibility index (Phi) is 4.97. The van der Waals surface area contributed by atoms with E-state index in [1.807, 2.05) is 32.0 Å². The van der Waals surface area contributed by atoms with Crippen LogP contribution in [0.2, 0.25) is 0 Å². The Morgan fingerprint density at radius 2 is 2.24 bits per heavy atom. The highest BCUT2D eigenvalue weighted by atomic mass is 16.5. The van der Waals surface area contributed by atoms with Crippen molar-refractivity contribution < 1.29 is 9.53 Å². The van der Waals surface area contributed by atoms with E-state index in [-0.39, 0.29) is 11.9 Å². The number of anilines is 1. The molecule has 1 amide bonds. The molecular formula is C13H20N2O2. The van der Waals surface area contributed by atoms with Crippen molar-refractivity contribution in [2.24, 2.45) is 5.73 Å². The fourth-order valence-electron chi connectivity index (χ4n) is 1.64. The summed E-state index contributed by atoms with van der Waals surface area (Å²) in [6, 6.07) is 5.85. The highest BCUT2D eigenvalue weighted by Gasteiger charge is 2.07. The van der Waals surface area contributed by atoms with Crippen molar-refractivity contribution in [1.82, 2.24) is 0 Å². The van der Waals surface area contributed by atoms with Crippen LogP contribution in [0.25, 0.3) is 0 Å². The van der Waals surface area contributed by atoms with Crippen LogP contribution in [0.15, 0.2) is 18.2 Å². The second-order valence-electron chi connectivity index (χ2n) is 4.13. The Bertz CT molecular complexity index is 389. The molecule has 0 fully saturated rings. The molecule has 1 aromatic rings. The Morgan fingerprint density at radius 3 is 2.76 bits per heavy atom. The van der Waals surface area contributed by atoms with E-state index in [1.165, 1.54) is 6.92 Å². The van der Waals surface area contributed by atoms with Gasteiger partial charge in [0.1, 0.15) is 5.75 Å². The van der Waals surface area contributed by atoms with Crippen molar-refractivity contribution in [3.63, 3.8) is 0 Å². The van der Waals surface area contributed by atoms with Gasteiger partial charge < -0.3 is 15.8 Å². The first-order valence-corrected chi connectivity index (χ1v) is 5.81. The first kappa shape index (κ1) is 13.5. The molecule has 1 unspecified atom stereocenters. The summed E-state index contributed by atoms with van der Waals surface area (Å²) < 4.78 is 5.45. The number of ether oxygens (including phenoxy) is 1. The smallest absolute Gasteiger partial charge is 0.221 e. The monoisotopic (exact) mass is 236 g/mol. The van der Waals surface area contributed by atoms with Crippen LogP contribution in [0, 0.1) is 0 Å². The van der Waals surface area contributed by atoms with E-state index in [2.05, 4.69) is 5.32 Å². The number of benzene rings is 1. The molecule has 0 saturated heterocycles. The molecule has 4 nitrogen and oxygen atoms in total. The Hall–Kier alpha value is -1.55. The third-order valence-electron chi connectivity index (χ3n) is 2.21. The lowest BCUT2D eigenvalue weighted by Gasteiger charge is -2.13. The standard InChI is InChI=1S/C13H20N2O2/c1-4-17-13-6-5-11(7-9(2)14)8-12(13)15-10(3)16/h5-6,8-9H,4,7,14H2,1-3H3,(H,15,16). The molecule has 1 atom stereocenters. The van der Waals surface area contributed by atoms with Gasteiger partial charge in [-0.3, -0.25) is 4.79 Å². The number of carbonyl (C=O) groups is 1. The summed E-state index contributed by atoms with van der Waals surface area (Å²) >= 11 is 0. The molecule has 17 heavy (non-hydrogen) atoms. The SMILES string of the molecule is CCOc1ccc(CC(C)N)cc1NC(C)=O. The van der Waals surface area contributed by atoms with Crippen molar-refractivity contribution in [3.05, 3.63) is 23.8 Å². The number of nitrogens with two attached hydrogens (primary N) is 1. The molecule has 0 aromatic heterocycles. The van der Waals surface area contributed by atoms with Gasteiger partial charge in [-0.25, -0.2) is 0 Å². The van der Waals surface area contributed by atoms with E-state index in [0.717, 1.165) is 12.0 Å². The number of amides is 1. The Balaban J connectivity index is 2.96. The lowest BCUT2D eigenvalue weighted by atomic mass is 10.1. The fraction of sp³-hybridized carbons (Fsp3) is 0.462. The van der Waals surface area contributed by atoms with E-state index in [9.17, 15) is 4.79 Å². The molecule has 4 heteroatoms. The van der Waals surface area contributed by atoms with E-state index >= 15 is 0 Å². The van der Waals surface area contributed by atoms with Crippen LogP contribution < -0.4 is 15.8 Å². The first-order valence-electron chi connectivity index (χ1n) is 5.81. The Morgan fingerprint density at radius 1 is 1.53 bits per heavy atom. The third kappa shape index (κ3) is 4.44. The van der Waals surface area contributed by atoms with Gasteiger partial charge in [0.15, 0.2) is 0 Å². The topological polar surface area (TPSA) is 64.3 Å². The summed E-state index contributed by atoms with van der Waals surface area (Å²) in [5.41, 5.74) is 7.55. The minimum atomic E-state index is -0.107. The van der Waals surface area contributed by atoms with Gasteiger partial charge in [0, 0.05) is 13.0 Å². The maximum atomic E-state index is 11.1. The van der Waals surface area contributed by atoms with Gasteiger partial charge in [0.05, 0.1) is 12.3 Å². The maximum absolute atomic E-state index is 11.1. The van der Waals surface area contributed by atoms with Crippen molar-refractivity contribution in [2.45, 2.75) is 33.2 Å². The summed E-state index contributed by atoms with van der Waals surface area (Å²) in [4.78, 5) is 11.1. The lowest BCUT2D eigenvalue weighted by molar-refractivity contribution is -0.114. The van der Waals surface area contributed by atoms with E-state index in [4.69, 9.17) is 10.5 Å². The van der Waals surface area contributed by atoms with Gasteiger partial charge in [-0.1, -0.05) is 6.07 Å². The molecule has 0 bridgehead atoms. The summed E-state index contributed by atoms with van der Waals surface area (Å²) in [7, 11) is 0. The molecule has 0 saturated carbocycles. The van der Waals surface area contributed by atoms with Crippen molar-refractivity contribution in [2.75, 3.05) is 11.9 Å². The molecule has 0 aliphatic heterocycles. The van der Waals surface area contributed by atoms with Crippen LogP contribution >= 0.6 is 0 Å². The molecule has 1 aromatic carbocycles. The highest BCUT2D eigenvalue weighted by Crippen LogP contribution is 2.26. The molecule has 94 valence electrons. The highest BCUT2D eigenvalue weighted by molar-refractivity contribution is 5.90. The molecule has 0 radical (unpaired) electrons. The van der Waals surface area contributed by atoms with Gasteiger partial charge in [0.25, 0.3) is 0 Å². The quantitative estimate of drug-likeness (QED) is 0.821. The molecule has 0 heterocycles. The maximum Gasteiger partial charge on any atom is 0.221 e. The van der Waals surface area contributed by atoms with Crippen LogP contribution in [0.1, 0.15) is 26.3 Å². The average molecular weight is 236 g/mol.